The standard InChI is InChI=1S/C15H20N4O/c1-20-14-5-6-15(19-12-14)18-9-3-8-17-11-13-4-2-7-16-10-13/h2,4-7,10,12,17H,3,8-9,11H2,1H3,(H,18,19). The molecule has 0 saturated carbocycles. The molecule has 0 amide bonds. The Balaban J connectivity index is 1.57. The summed E-state index contributed by atoms with van der Waals surface area (Å²) < 4.78 is 5.06. The summed E-state index contributed by atoms with van der Waals surface area (Å²) in [5.41, 5.74) is 1.21. The predicted octanol–water partition coefficient (Wildman–Crippen LogP) is 2.08. The van der Waals surface area contributed by atoms with Gasteiger partial charge in [0.2, 0.25) is 0 Å². The fourth-order valence-electron chi connectivity index (χ4n) is 1.77. The number of aromatic nitrogens is 2. The lowest BCUT2D eigenvalue weighted by Crippen LogP contribution is -2.17. The van der Waals surface area contributed by atoms with Gasteiger partial charge in [-0.25, -0.2) is 4.98 Å². The van der Waals surface area contributed by atoms with Crippen LogP contribution in [0.25, 0.3) is 0 Å². The molecule has 0 spiro atoms. The van der Waals surface area contributed by atoms with Crippen molar-refractivity contribution in [3.05, 3.63) is 48.4 Å². The van der Waals surface area contributed by atoms with Crippen molar-refractivity contribution in [2.24, 2.45) is 0 Å². The molecule has 5 heteroatoms. The summed E-state index contributed by atoms with van der Waals surface area (Å²) in [5.74, 6) is 1.65. The highest BCUT2D eigenvalue weighted by atomic mass is 16.5. The van der Waals surface area contributed by atoms with Gasteiger partial charge in [-0.15, -0.1) is 0 Å². The number of hydrogen-bond donors (Lipinski definition) is 2. The van der Waals surface area contributed by atoms with Crippen LogP contribution >= 0.6 is 0 Å². The van der Waals surface area contributed by atoms with E-state index in [1.165, 1.54) is 5.56 Å². The average molecular weight is 272 g/mol. The number of hydrogen-bond acceptors (Lipinski definition) is 5. The molecule has 0 aromatic carbocycles. The van der Waals surface area contributed by atoms with Gasteiger partial charge in [-0.2, -0.15) is 0 Å². The highest BCUT2D eigenvalue weighted by Gasteiger charge is 1.95. The minimum atomic E-state index is 0.772. The number of nitrogens with one attached hydrogen (secondary N) is 2. The summed E-state index contributed by atoms with van der Waals surface area (Å²) in [6.07, 6.45) is 6.42. The molecule has 0 aliphatic carbocycles. The second-order valence-corrected chi connectivity index (χ2v) is 4.40. The average Bonchev–Trinajstić information content (AvgIpc) is 2.52. The van der Waals surface area contributed by atoms with Gasteiger partial charge in [-0.05, 0) is 36.7 Å². The summed E-state index contributed by atoms with van der Waals surface area (Å²) in [6, 6.07) is 7.84. The Morgan fingerprint density at radius 1 is 1.15 bits per heavy atom. The van der Waals surface area contributed by atoms with E-state index in [1.54, 1.807) is 19.5 Å². The highest BCUT2D eigenvalue weighted by Crippen LogP contribution is 2.10. The zero-order valence-corrected chi connectivity index (χ0v) is 11.7. The SMILES string of the molecule is COc1ccc(NCCCNCc2cccnc2)nc1. The van der Waals surface area contributed by atoms with Crippen molar-refractivity contribution in [2.45, 2.75) is 13.0 Å². The molecule has 0 aliphatic rings. The molecule has 2 heterocycles. The normalized spacial score (nSPS) is 10.2. The van der Waals surface area contributed by atoms with Crippen molar-refractivity contribution in [2.75, 3.05) is 25.5 Å². The number of rotatable bonds is 8. The Labute approximate surface area is 119 Å². The smallest absolute Gasteiger partial charge is 0.137 e. The maximum Gasteiger partial charge on any atom is 0.137 e. The van der Waals surface area contributed by atoms with Crippen molar-refractivity contribution < 1.29 is 4.74 Å². The van der Waals surface area contributed by atoms with Crippen LogP contribution < -0.4 is 15.4 Å². The van der Waals surface area contributed by atoms with Crippen molar-refractivity contribution >= 4 is 5.82 Å². The second kappa shape index (κ2) is 8.12. The highest BCUT2D eigenvalue weighted by molar-refractivity contribution is 5.37. The Morgan fingerprint density at radius 3 is 2.80 bits per heavy atom. The number of nitrogens with zero attached hydrogens (tertiary/aromatic N) is 2. The second-order valence-electron chi connectivity index (χ2n) is 4.40. The topological polar surface area (TPSA) is 59.1 Å². The van der Waals surface area contributed by atoms with Gasteiger partial charge in [0.15, 0.2) is 0 Å². The van der Waals surface area contributed by atoms with Crippen LogP contribution in [0.1, 0.15) is 12.0 Å². The first kappa shape index (κ1) is 14.3. The minimum absolute atomic E-state index is 0.772. The first-order valence-electron chi connectivity index (χ1n) is 6.72. The molecule has 5 nitrogen and oxygen atoms in total. The molecule has 2 aromatic rings. The first-order chi connectivity index (χ1) is 9.88. The molecule has 2 rings (SSSR count). The summed E-state index contributed by atoms with van der Waals surface area (Å²) in [4.78, 5) is 8.33. The zero-order valence-electron chi connectivity index (χ0n) is 11.7. The molecule has 2 aromatic heterocycles. The molecule has 0 fully saturated rings. The summed E-state index contributed by atoms with van der Waals surface area (Å²) in [6.45, 7) is 2.70. The summed E-state index contributed by atoms with van der Waals surface area (Å²) in [7, 11) is 1.64. The monoisotopic (exact) mass is 272 g/mol. The van der Waals surface area contributed by atoms with Crippen molar-refractivity contribution in [1.29, 1.82) is 0 Å². The van der Waals surface area contributed by atoms with E-state index in [0.717, 1.165) is 37.6 Å². The van der Waals surface area contributed by atoms with Crippen molar-refractivity contribution in [3.8, 4) is 5.75 Å². The Morgan fingerprint density at radius 2 is 2.10 bits per heavy atom. The molecule has 0 radical (unpaired) electrons. The van der Waals surface area contributed by atoms with Crippen LogP contribution in [-0.2, 0) is 6.54 Å². The molecule has 0 atom stereocenters. The van der Waals surface area contributed by atoms with Gasteiger partial charge in [-0.1, -0.05) is 6.07 Å². The molecule has 0 saturated heterocycles. The third-order valence-corrected chi connectivity index (χ3v) is 2.86. The maximum atomic E-state index is 5.06. The van der Waals surface area contributed by atoms with Crippen LogP contribution in [0.2, 0.25) is 0 Å². The lowest BCUT2D eigenvalue weighted by Gasteiger charge is -2.07. The van der Waals surface area contributed by atoms with E-state index in [4.69, 9.17) is 4.74 Å². The van der Waals surface area contributed by atoms with E-state index in [-0.39, 0.29) is 0 Å². The third-order valence-electron chi connectivity index (χ3n) is 2.86. The van der Waals surface area contributed by atoms with Crippen LogP contribution in [0, 0.1) is 0 Å². The predicted molar refractivity (Wildman–Crippen MR) is 79.8 cm³/mol. The Hall–Kier alpha value is -2.14. The van der Waals surface area contributed by atoms with E-state index in [9.17, 15) is 0 Å². The van der Waals surface area contributed by atoms with Crippen LogP contribution in [0.3, 0.4) is 0 Å². The molecular formula is C15H20N4O. The number of pyridine rings is 2. The Bertz CT molecular complexity index is 487. The summed E-state index contributed by atoms with van der Waals surface area (Å²) >= 11 is 0. The fourth-order valence-corrected chi connectivity index (χ4v) is 1.77. The first-order valence-corrected chi connectivity index (χ1v) is 6.72. The maximum absolute atomic E-state index is 5.06. The van der Waals surface area contributed by atoms with E-state index in [0.29, 0.717) is 0 Å². The zero-order chi connectivity index (χ0) is 14.0. The molecular weight excluding hydrogens is 252 g/mol. The van der Waals surface area contributed by atoms with Crippen LogP contribution in [0.4, 0.5) is 5.82 Å². The largest absolute Gasteiger partial charge is 0.495 e. The minimum Gasteiger partial charge on any atom is -0.495 e. The molecule has 20 heavy (non-hydrogen) atoms. The van der Waals surface area contributed by atoms with E-state index < -0.39 is 0 Å². The lowest BCUT2D eigenvalue weighted by atomic mass is 10.3. The molecule has 0 aliphatic heterocycles. The van der Waals surface area contributed by atoms with Crippen molar-refractivity contribution in [3.63, 3.8) is 0 Å². The van der Waals surface area contributed by atoms with Gasteiger partial charge in [0.25, 0.3) is 0 Å². The van der Waals surface area contributed by atoms with Crippen LogP contribution in [0.5, 0.6) is 5.75 Å². The molecule has 0 bridgehead atoms. The molecule has 0 unspecified atom stereocenters. The van der Waals surface area contributed by atoms with E-state index in [2.05, 4.69) is 26.7 Å². The van der Waals surface area contributed by atoms with Crippen LogP contribution in [-0.4, -0.2) is 30.2 Å². The van der Waals surface area contributed by atoms with Gasteiger partial charge >= 0.3 is 0 Å². The molecule has 2 N–H and O–H groups in total. The van der Waals surface area contributed by atoms with E-state index in [1.807, 2.05) is 24.4 Å². The van der Waals surface area contributed by atoms with Gasteiger partial charge in [0, 0.05) is 25.5 Å². The lowest BCUT2D eigenvalue weighted by molar-refractivity contribution is 0.413. The van der Waals surface area contributed by atoms with Gasteiger partial charge in [-0.3, -0.25) is 4.98 Å². The van der Waals surface area contributed by atoms with Gasteiger partial charge in [0.1, 0.15) is 11.6 Å². The molecule has 106 valence electrons. The quantitative estimate of drug-likeness (QED) is 0.720. The third kappa shape index (κ3) is 4.85. The Kier molecular flexibility index (Phi) is 5.79. The number of ether oxygens (including phenoxy) is 1. The number of anilines is 1. The fraction of sp³-hybridized carbons (Fsp3) is 0.333. The van der Waals surface area contributed by atoms with Crippen LogP contribution in [0.15, 0.2) is 42.9 Å². The van der Waals surface area contributed by atoms with Gasteiger partial charge in [0.05, 0.1) is 13.3 Å². The van der Waals surface area contributed by atoms with Gasteiger partial charge < -0.3 is 15.4 Å². The van der Waals surface area contributed by atoms with Crippen molar-refractivity contribution in [1.82, 2.24) is 15.3 Å². The summed E-state index contributed by atoms with van der Waals surface area (Å²) in [5, 5.41) is 6.66. The van der Waals surface area contributed by atoms with E-state index >= 15 is 0 Å². The number of methoxy groups -OCH3 is 1.